The molecule has 0 radical (unpaired) electrons. The standard InChI is InChI=1S/C18H23N3O2S/c1-14-6-8-17(12-15(14)2)24(22,23)20-18-9-7-16(13-19-18)21-10-4-3-5-11-21/h6-9,12-13H,3-5,10-11H2,1-2H3,(H,19,20). The van der Waals surface area contributed by atoms with Crippen LogP contribution in [0.2, 0.25) is 0 Å². The van der Waals surface area contributed by atoms with Crippen LogP contribution in [0.1, 0.15) is 30.4 Å². The van der Waals surface area contributed by atoms with Crippen molar-refractivity contribution in [2.24, 2.45) is 0 Å². The smallest absolute Gasteiger partial charge is 0.263 e. The minimum atomic E-state index is -3.62. The summed E-state index contributed by atoms with van der Waals surface area (Å²) < 4.78 is 27.5. The Morgan fingerprint density at radius 2 is 1.75 bits per heavy atom. The topological polar surface area (TPSA) is 62.3 Å². The summed E-state index contributed by atoms with van der Waals surface area (Å²) >= 11 is 0. The van der Waals surface area contributed by atoms with Crippen LogP contribution in [0.5, 0.6) is 0 Å². The summed E-state index contributed by atoms with van der Waals surface area (Å²) in [5, 5.41) is 0. The summed E-state index contributed by atoms with van der Waals surface area (Å²) in [6.07, 6.45) is 5.41. The van der Waals surface area contributed by atoms with Crippen LogP contribution in [0.3, 0.4) is 0 Å². The summed E-state index contributed by atoms with van der Waals surface area (Å²) in [5.41, 5.74) is 3.06. The van der Waals surface area contributed by atoms with Gasteiger partial charge in [0.15, 0.2) is 0 Å². The molecule has 1 aromatic heterocycles. The molecule has 1 saturated heterocycles. The van der Waals surface area contributed by atoms with Crippen LogP contribution >= 0.6 is 0 Å². The van der Waals surface area contributed by atoms with Crippen LogP contribution in [-0.2, 0) is 10.0 Å². The summed E-state index contributed by atoms with van der Waals surface area (Å²) in [6.45, 7) is 5.94. The first-order valence-corrected chi connectivity index (χ1v) is 9.75. The van der Waals surface area contributed by atoms with Gasteiger partial charge in [-0.3, -0.25) is 4.72 Å². The normalized spacial score (nSPS) is 15.3. The number of rotatable bonds is 4. The molecular weight excluding hydrogens is 322 g/mol. The van der Waals surface area contributed by atoms with E-state index in [2.05, 4.69) is 14.6 Å². The predicted molar refractivity (Wildman–Crippen MR) is 97.0 cm³/mol. The van der Waals surface area contributed by atoms with Crippen LogP contribution in [0.4, 0.5) is 11.5 Å². The van der Waals surface area contributed by atoms with E-state index < -0.39 is 10.0 Å². The third-order valence-corrected chi connectivity index (χ3v) is 5.85. The van der Waals surface area contributed by atoms with E-state index in [4.69, 9.17) is 0 Å². The molecule has 2 aromatic rings. The Balaban J connectivity index is 1.76. The maximum atomic E-state index is 12.5. The number of hydrogen-bond donors (Lipinski definition) is 1. The average molecular weight is 345 g/mol. The molecule has 1 aromatic carbocycles. The van der Waals surface area contributed by atoms with Crippen molar-refractivity contribution in [2.45, 2.75) is 38.0 Å². The van der Waals surface area contributed by atoms with Crippen LogP contribution in [0, 0.1) is 13.8 Å². The number of aryl methyl sites for hydroxylation is 2. The molecule has 0 saturated carbocycles. The van der Waals surface area contributed by atoms with Crippen molar-refractivity contribution in [1.82, 2.24) is 4.98 Å². The van der Waals surface area contributed by atoms with Crippen molar-refractivity contribution in [1.29, 1.82) is 0 Å². The van der Waals surface area contributed by atoms with Gasteiger partial charge in [0.05, 0.1) is 16.8 Å². The minimum absolute atomic E-state index is 0.257. The Bertz CT molecular complexity index is 811. The first-order chi connectivity index (χ1) is 11.5. The summed E-state index contributed by atoms with van der Waals surface area (Å²) in [4.78, 5) is 6.82. The molecular formula is C18H23N3O2S. The lowest BCUT2D eigenvalue weighted by atomic mass is 10.1. The molecule has 0 spiro atoms. The average Bonchev–Trinajstić information content (AvgIpc) is 2.58. The van der Waals surface area contributed by atoms with E-state index in [1.807, 2.05) is 26.0 Å². The van der Waals surface area contributed by atoms with E-state index >= 15 is 0 Å². The molecule has 1 fully saturated rings. The first kappa shape index (κ1) is 16.8. The molecule has 1 aliphatic heterocycles. The number of nitrogens with zero attached hydrogens (tertiary/aromatic N) is 2. The SMILES string of the molecule is Cc1ccc(S(=O)(=O)Nc2ccc(N3CCCCC3)cn2)cc1C. The number of anilines is 2. The van der Waals surface area contributed by atoms with E-state index in [0.29, 0.717) is 5.82 Å². The Kier molecular flexibility index (Phi) is 4.76. The Morgan fingerprint density at radius 1 is 1.00 bits per heavy atom. The summed E-state index contributed by atoms with van der Waals surface area (Å²) in [5.74, 6) is 0.342. The molecule has 1 N–H and O–H groups in total. The molecule has 0 amide bonds. The second-order valence-electron chi connectivity index (χ2n) is 6.30. The van der Waals surface area contributed by atoms with Crippen LogP contribution in [-0.4, -0.2) is 26.5 Å². The molecule has 0 aliphatic carbocycles. The lowest BCUT2D eigenvalue weighted by molar-refractivity contribution is 0.577. The highest BCUT2D eigenvalue weighted by Gasteiger charge is 2.16. The molecule has 5 nitrogen and oxygen atoms in total. The van der Waals surface area contributed by atoms with Gasteiger partial charge in [-0.1, -0.05) is 6.07 Å². The molecule has 1 aliphatic rings. The zero-order valence-corrected chi connectivity index (χ0v) is 14.9. The van der Waals surface area contributed by atoms with E-state index in [-0.39, 0.29) is 4.90 Å². The highest BCUT2D eigenvalue weighted by atomic mass is 32.2. The lowest BCUT2D eigenvalue weighted by Crippen LogP contribution is -2.29. The zero-order valence-electron chi connectivity index (χ0n) is 14.1. The quantitative estimate of drug-likeness (QED) is 0.921. The van der Waals surface area contributed by atoms with E-state index in [1.165, 1.54) is 19.3 Å². The van der Waals surface area contributed by atoms with Crippen molar-refractivity contribution in [3.8, 4) is 0 Å². The Morgan fingerprint density at radius 3 is 2.38 bits per heavy atom. The molecule has 128 valence electrons. The van der Waals surface area contributed by atoms with Crippen molar-refractivity contribution in [3.63, 3.8) is 0 Å². The van der Waals surface area contributed by atoms with Crippen LogP contribution < -0.4 is 9.62 Å². The number of hydrogen-bond acceptors (Lipinski definition) is 4. The van der Waals surface area contributed by atoms with Gasteiger partial charge in [0.2, 0.25) is 0 Å². The molecule has 6 heteroatoms. The Labute approximate surface area is 143 Å². The predicted octanol–water partition coefficient (Wildman–Crippen LogP) is 3.49. The van der Waals surface area contributed by atoms with Gasteiger partial charge in [-0.25, -0.2) is 13.4 Å². The maximum absolute atomic E-state index is 12.5. The van der Waals surface area contributed by atoms with Gasteiger partial charge >= 0.3 is 0 Å². The molecule has 2 heterocycles. The highest BCUT2D eigenvalue weighted by Crippen LogP contribution is 2.22. The fourth-order valence-electron chi connectivity index (χ4n) is 2.86. The summed E-state index contributed by atoms with van der Waals surface area (Å²) in [7, 11) is -3.62. The third kappa shape index (κ3) is 3.70. The first-order valence-electron chi connectivity index (χ1n) is 8.27. The number of sulfonamides is 1. The summed E-state index contributed by atoms with van der Waals surface area (Å²) in [6, 6.07) is 8.77. The zero-order chi connectivity index (χ0) is 17.2. The molecule has 0 atom stereocenters. The third-order valence-electron chi connectivity index (χ3n) is 4.50. The number of nitrogens with one attached hydrogen (secondary N) is 1. The van der Waals surface area contributed by atoms with Gasteiger partial charge in [0, 0.05) is 13.1 Å². The molecule has 0 bridgehead atoms. The highest BCUT2D eigenvalue weighted by molar-refractivity contribution is 7.92. The van der Waals surface area contributed by atoms with Gasteiger partial charge in [0.1, 0.15) is 5.82 Å². The van der Waals surface area contributed by atoms with Gasteiger partial charge < -0.3 is 4.90 Å². The van der Waals surface area contributed by atoms with Crippen molar-refractivity contribution < 1.29 is 8.42 Å². The fraction of sp³-hybridized carbons (Fsp3) is 0.389. The van der Waals surface area contributed by atoms with Gasteiger partial charge in [0.25, 0.3) is 10.0 Å². The number of piperidine rings is 1. The van der Waals surface area contributed by atoms with Crippen molar-refractivity contribution in [3.05, 3.63) is 47.7 Å². The number of benzene rings is 1. The van der Waals surface area contributed by atoms with Crippen molar-refractivity contribution in [2.75, 3.05) is 22.7 Å². The lowest BCUT2D eigenvalue weighted by Gasteiger charge is -2.28. The molecule has 0 unspecified atom stereocenters. The largest absolute Gasteiger partial charge is 0.370 e. The maximum Gasteiger partial charge on any atom is 0.263 e. The monoisotopic (exact) mass is 345 g/mol. The van der Waals surface area contributed by atoms with E-state index in [0.717, 1.165) is 29.9 Å². The fourth-order valence-corrected chi connectivity index (χ4v) is 3.96. The van der Waals surface area contributed by atoms with Crippen LogP contribution in [0.25, 0.3) is 0 Å². The second-order valence-corrected chi connectivity index (χ2v) is 7.98. The second kappa shape index (κ2) is 6.81. The molecule has 24 heavy (non-hydrogen) atoms. The number of pyridine rings is 1. The van der Waals surface area contributed by atoms with Crippen LogP contribution in [0.15, 0.2) is 41.4 Å². The van der Waals surface area contributed by atoms with Gasteiger partial charge in [-0.05, 0) is 68.5 Å². The van der Waals surface area contributed by atoms with E-state index in [9.17, 15) is 8.42 Å². The molecule has 3 rings (SSSR count). The van der Waals surface area contributed by atoms with Gasteiger partial charge in [-0.2, -0.15) is 0 Å². The minimum Gasteiger partial charge on any atom is -0.370 e. The number of aromatic nitrogens is 1. The van der Waals surface area contributed by atoms with Crippen molar-refractivity contribution >= 4 is 21.5 Å². The Hall–Kier alpha value is -2.08. The van der Waals surface area contributed by atoms with E-state index in [1.54, 1.807) is 24.4 Å². The van der Waals surface area contributed by atoms with Gasteiger partial charge in [-0.15, -0.1) is 0 Å².